The third-order valence-corrected chi connectivity index (χ3v) is 25.1. The summed E-state index contributed by atoms with van der Waals surface area (Å²) in [5, 5.41) is 27.6. The average molecular weight is 2130 g/mol. The number of aromatic nitrogens is 6. The van der Waals surface area contributed by atoms with Crippen molar-refractivity contribution < 1.29 is 130 Å². The molecule has 0 spiro atoms. The van der Waals surface area contributed by atoms with Crippen molar-refractivity contribution in [2.45, 2.75) is 111 Å². The van der Waals surface area contributed by atoms with Crippen LogP contribution in [0.2, 0.25) is 15.1 Å². The van der Waals surface area contributed by atoms with Crippen molar-refractivity contribution in [2.75, 3.05) is 114 Å². The summed E-state index contributed by atoms with van der Waals surface area (Å²) in [6, 6.07) is 17.2. The third-order valence-electron chi connectivity index (χ3n) is 23.4. The standard InChI is InChI=1S/C34H37ClF4N6O6.C29H29ClF4N6O4.C27H34BrClN6O5.C2HF3O2/c1-34(2,3)51-33(49)45-16-18(17-45)14-41-29(46)19-9-11-44(12-10-19)31(48)21-6-5-20(13-23(21)35)42-30(47)28-40-15-24(43(28)4)22-7-8-25(50-32(38)39)27(37)26(22)36;1-39-21(19-4-5-22(44-29(33)34)24(32)23(19)31)14-36-25(39)27(42)38-17-2-3-18(20(30)10-17)28(43)40-8-6-16(7-9-40)26(41)37-13-15-11-35-12-15;1-27(2,3)40-26(39)35-14-16(15-35)12-31-23(36)17-7-9-34(10-8-17)25(38)19-6-5-18(11-20(19)29)32-24(37)22-30-13-21(28)33(22)4;3-2(4,5)1(6)7/h5-8,13,15,18-19,32H,9-12,14,16-17H2,1-4H3,(H,41,46)(H,42,47);2-5,10,14-16,29,35H,6-9,11-13H2,1H3,(H,37,41)(H,38,42);5-6,11,13,16-17H,7-10,12,14-15H2,1-4H3,(H,31,36)(H,32,37);(H,6,7). The second-order valence-electron chi connectivity index (χ2n) is 36.0. The number of hydrogen-bond donors (Lipinski definition) is 8. The Morgan fingerprint density at radius 1 is 0.444 bits per heavy atom. The lowest BCUT2D eigenvalue weighted by atomic mass is 9.94. The highest BCUT2D eigenvalue weighted by Crippen LogP contribution is 2.37. The van der Waals surface area contributed by atoms with Crippen LogP contribution in [0.1, 0.15) is 143 Å². The number of rotatable bonds is 24. The molecule has 50 heteroatoms. The number of benzene rings is 5. The number of nitrogens with zero attached hydrogens (tertiary/aromatic N) is 11. The molecule has 6 aliphatic rings. The largest absolute Gasteiger partial charge is 0.490 e. The molecule has 8 aromatic rings. The van der Waals surface area contributed by atoms with Crippen LogP contribution in [-0.2, 0) is 49.8 Å². The van der Waals surface area contributed by atoms with Crippen LogP contribution in [0.25, 0.3) is 22.5 Å². The van der Waals surface area contributed by atoms with Crippen molar-refractivity contribution in [3.63, 3.8) is 0 Å². The normalized spacial score (nSPS) is 15.5. The fourth-order valence-corrected chi connectivity index (χ4v) is 16.6. The van der Waals surface area contributed by atoms with Gasteiger partial charge in [-0.25, -0.2) is 38.1 Å². The number of imidazole rings is 3. The van der Waals surface area contributed by atoms with Gasteiger partial charge in [0, 0.05) is 183 Å². The van der Waals surface area contributed by atoms with Gasteiger partial charge in [0.15, 0.2) is 40.6 Å². The number of alkyl halides is 7. The van der Waals surface area contributed by atoms with Gasteiger partial charge in [-0.05, 0) is 175 Å². The molecular weight excluding hydrogens is 2020 g/mol. The highest BCUT2D eigenvalue weighted by Gasteiger charge is 2.41. The van der Waals surface area contributed by atoms with Gasteiger partial charge >= 0.3 is 37.6 Å². The van der Waals surface area contributed by atoms with Crippen molar-refractivity contribution >= 4 is 139 Å². The fraction of sp³-hybridized carbons (Fsp3) is 0.446. The molecule has 0 atom stereocenters. The number of halogens is 15. The Hall–Kier alpha value is -12.9. The number of carboxylic acids is 1. The molecule has 8 N–H and O–H groups in total. The van der Waals surface area contributed by atoms with E-state index in [9.17, 15) is 101 Å². The number of likely N-dealkylation sites (tertiary alicyclic amines) is 5. The van der Waals surface area contributed by atoms with Gasteiger partial charge in [0.05, 0.1) is 61.7 Å². The lowest BCUT2D eigenvalue weighted by Gasteiger charge is -2.40. The quantitative estimate of drug-likeness (QED) is 0.0260. The lowest BCUT2D eigenvalue weighted by molar-refractivity contribution is -0.192. The van der Waals surface area contributed by atoms with Gasteiger partial charge < -0.3 is 99.5 Å². The predicted octanol–water partition coefficient (Wildman–Crippen LogP) is 14.3. The summed E-state index contributed by atoms with van der Waals surface area (Å²) in [5.41, 5.74) is -0.0525. The van der Waals surface area contributed by atoms with E-state index in [1.807, 2.05) is 20.8 Å². The number of anilines is 3. The molecule has 766 valence electrons. The Balaban J connectivity index is 0.000000198. The number of piperidine rings is 3. The molecule has 0 bridgehead atoms. The van der Waals surface area contributed by atoms with Gasteiger partial charge in [0.2, 0.25) is 29.4 Å². The van der Waals surface area contributed by atoms with Crippen LogP contribution in [0.4, 0.5) is 74.9 Å². The van der Waals surface area contributed by atoms with E-state index in [0.717, 1.165) is 49.7 Å². The molecule has 14 rings (SSSR count). The highest BCUT2D eigenvalue weighted by molar-refractivity contribution is 9.10. The Morgan fingerprint density at radius 2 is 0.739 bits per heavy atom. The predicted molar refractivity (Wildman–Crippen MR) is 497 cm³/mol. The molecule has 0 saturated carbocycles. The minimum atomic E-state index is -5.08. The molecule has 0 unspecified atom stereocenters. The van der Waals surface area contributed by atoms with Crippen LogP contribution >= 0.6 is 50.7 Å². The fourth-order valence-electron chi connectivity index (χ4n) is 15.6. The maximum atomic E-state index is 14.7. The molecule has 6 aliphatic heterocycles. The van der Waals surface area contributed by atoms with Crippen LogP contribution in [-0.4, -0.2) is 258 Å². The molecule has 142 heavy (non-hydrogen) atoms. The Morgan fingerprint density at radius 3 is 1.00 bits per heavy atom. The smallest absolute Gasteiger partial charge is 0.475 e. The molecule has 5 aromatic carbocycles. The zero-order valence-electron chi connectivity index (χ0n) is 77.8. The van der Waals surface area contributed by atoms with Gasteiger partial charge in [0.1, 0.15) is 15.8 Å². The van der Waals surface area contributed by atoms with Crippen LogP contribution in [0.3, 0.4) is 0 Å². The average Bonchev–Trinajstić information content (AvgIpc) is 1.64. The third kappa shape index (κ3) is 28.5. The van der Waals surface area contributed by atoms with Crippen LogP contribution in [0.15, 0.2) is 102 Å². The second kappa shape index (κ2) is 47.3. The summed E-state index contributed by atoms with van der Waals surface area (Å²) in [6.45, 7) is 12.2. The Bertz CT molecular complexity index is 6020. The molecule has 3 aromatic heterocycles. The first-order chi connectivity index (χ1) is 66.8. The maximum Gasteiger partial charge on any atom is 0.490 e. The van der Waals surface area contributed by atoms with Crippen LogP contribution in [0, 0.1) is 58.8 Å². The molecule has 0 radical (unpaired) electrons. The molecule has 9 heterocycles. The van der Waals surface area contributed by atoms with E-state index in [1.165, 1.54) is 71.9 Å². The monoisotopic (exact) mass is 2120 g/mol. The van der Waals surface area contributed by atoms with Gasteiger partial charge in [-0.2, -0.15) is 39.5 Å². The molecule has 0 aliphatic carbocycles. The minimum Gasteiger partial charge on any atom is -0.475 e. The Labute approximate surface area is 829 Å². The summed E-state index contributed by atoms with van der Waals surface area (Å²) in [6.07, 6.45) is 1.13. The van der Waals surface area contributed by atoms with Crippen molar-refractivity contribution in [3.8, 4) is 34.0 Å². The Kier molecular flexibility index (Phi) is 36.5. The molecule has 6 fully saturated rings. The van der Waals surface area contributed by atoms with Crippen molar-refractivity contribution in [2.24, 2.45) is 56.7 Å². The number of hydrogen-bond acceptors (Lipinski definition) is 20. The van der Waals surface area contributed by atoms with Gasteiger partial charge in [-0.15, -0.1) is 0 Å². The number of carboxylic acid groups (broad SMARTS) is 1. The number of carbonyl (C=O) groups excluding carboxylic acids is 11. The highest BCUT2D eigenvalue weighted by atomic mass is 79.9. The van der Waals surface area contributed by atoms with E-state index < -0.39 is 89.1 Å². The summed E-state index contributed by atoms with van der Waals surface area (Å²) >= 11 is 22.6. The number of amides is 11. The van der Waals surface area contributed by atoms with Crippen molar-refractivity contribution in [1.29, 1.82) is 0 Å². The second-order valence-corrected chi connectivity index (χ2v) is 38.0. The van der Waals surface area contributed by atoms with E-state index in [2.05, 4.69) is 77.6 Å². The first-order valence-corrected chi connectivity index (χ1v) is 46.3. The van der Waals surface area contributed by atoms with Gasteiger partial charge in [-0.3, -0.25) is 43.2 Å². The number of aliphatic carboxylic acids is 1. The summed E-state index contributed by atoms with van der Waals surface area (Å²) < 4.78 is 163. The van der Waals surface area contributed by atoms with E-state index in [4.69, 9.17) is 54.2 Å². The van der Waals surface area contributed by atoms with Crippen molar-refractivity contribution in [3.05, 3.63) is 175 Å². The summed E-state index contributed by atoms with van der Waals surface area (Å²) in [7, 11) is 4.49. The number of nitrogens with one attached hydrogen (secondary N) is 7. The number of carbonyl (C=O) groups is 12. The first-order valence-electron chi connectivity index (χ1n) is 44.4. The molecule has 35 nitrogen and oxygen atoms in total. The molecule has 6 saturated heterocycles. The summed E-state index contributed by atoms with van der Waals surface area (Å²) in [4.78, 5) is 169. The zero-order chi connectivity index (χ0) is 104. The molecular formula is C92H101BrCl3F11N18O17. The van der Waals surface area contributed by atoms with Gasteiger partial charge in [-0.1, -0.05) is 34.8 Å². The van der Waals surface area contributed by atoms with E-state index >= 15 is 0 Å². The number of ether oxygens (including phenoxy) is 4. The zero-order valence-corrected chi connectivity index (χ0v) is 81.6. The van der Waals surface area contributed by atoms with E-state index in [-0.39, 0.29) is 155 Å². The van der Waals surface area contributed by atoms with Crippen LogP contribution < -0.4 is 46.7 Å². The topological polar surface area (TPSA) is 416 Å². The van der Waals surface area contributed by atoms with Crippen molar-refractivity contribution in [1.82, 2.24) is 74.4 Å². The molecule has 11 amide bonds. The summed E-state index contributed by atoms with van der Waals surface area (Å²) in [5.74, 6) is -13.5. The van der Waals surface area contributed by atoms with E-state index in [1.54, 1.807) is 69.0 Å². The SMILES string of the molecule is Cn1c(-c2ccc(OC(F)F)c(F)c2F)cnc1C(=O)Nc1ccc(C(=O)N2CCC(C(=O)NCC3CN(C(=O)OC(C)(C)C)C3)CC2)c(Cl)c1.Cn1c(-c2ccc(OC(F)F)c(F)c2F)cnc1C(=O)Nc1ccc(C(=O)N2CCC(C(=O)NCC3CNC3)CC2)c(Cl)c1.Cn1c(Br)cnc1C(=O)Nc1ccc(C(=O)N2CCC(C(=O)NCC3CN(C(=O)OC(C)(C)C)C3)CC2)c(Cl)c1.O=C(O)C(F)(F)F. The maximum absolute atomic E-state index is 14.7. The minimum absolute atomic E-state index is 0.00559. The van der Waals surface area contributed by atoms with E-state index in [0.29, 0.717) is 145 Å². The first kappa shape index (κ1) is 109. The van der Waals surface area contributed by atoms with Crippen LogP contribution in [0.5, 0.6) is 11.5 Å². The lowest BCUT2D eigenvalue weighted by Crippen LogP contribution is -2.55. The van der Waals surface area contributed by atoms with Gasteiger partial charge in [0.25, 0.3) is 35.4 Å².